The second-order valence-electron chi connectivity index (χ2n) is 5.50. The van der Waals surface area contributed by atoms with Crippen LogP contribution in [0.25, 0.3) is 0 Å². The molecule has 0 radical (unpaired) electrons. The molecule has 7 nitrogen and oxygen atoms in total. The monoisotopic (exact) mass is 378 g/mol. The molecule has 0 saturated carbocycles. The zero-order valence-corrected chi connectivity index (χ0v) is 15.2. The van der Waals surface area contributed by atoms with E-state index >= 15 is 0 Å². The fourth-order valence-corrected chi connectivity index (χ4v) is 2.72. The molecular weight excluding hydrogens is 360 g/mol. The number of carbonyl (C=O) groups excluding carboxylic acids is 1. The smallest absolute Gasteiger partial charge is 0.239 e. The first-order valence-electron chi connectivity index (χ1n) is 7.91. The number of ether oxygens (including phenoxy) is 4. The summed E-state index contributed by atoms with van der Waals surface area (Å²) < 4.78 is 21.0. The number of rotatable bonds is 7. The largest absolute Gasteiger partial charge is 0.495 e. The number of anilines is 1. The van der Waals surface area contributed by atoms with Crippen molar-refractivity contribution in [2.45, 2.75) is 6.54 Å². The first-order chi connectivity index (χ1) is 12.6. The third-order valence-electron chi connectivity index (χ3n) is 3.84. The highest BCUT2D eigenvalue weighted by Gasteiger charge is 2.14. The Hall–Kier alpha value is -2.80. The van der Waals surface area contributed by atoms with Gasteiger partial charge < -0.3 is 29.6 Å². The Morgan fingerprint density at radius 3 is 2.65 bits per heavy atom. The minimum atomic E-state index is -0.168. The van der Waals surface area contributed by atoms with Crippen LogP contribution in [0, 0.1) is 0 Å². The van der Waals surface area contributed by atoms with E-state index in [1.165, 1.54) is 14.2 Å². The summed E-state index contributed by atoms with van der Waals surface area (Å²) in [6.45, 7) is 0.686. The van der Waals surface area contributed by atoms with Gasteiger partial charge in [-0.3, -0.25) is 4.79 Å². The van der Waals surface area contributed by atoms with Gasteiger partial charge in [0.05, 0.1) is 31.5 Å². The van der Waals surface area contributed by atoms with Crippen LogP contribution in [0.5, 0.6) is 23.0 Å². The van der Waals surface area contributed by atoms with E-state index in [0.29, 0.717) is 40.3 Å². The van der Waals surface area contributed by atoms with Gasteiger partial charge >= 0.3 is 0 Å². The molecule has 2 aromatic carbocycles. The third-order valence-corrected chi connectivity index (χ3v) is 4.14. The molecule has 0 saturated heterocycles. The van der Waals surface area contributed by atoms with E-state index < -0.39 is 0 Å². The highest BCUT2D eigenvalue weighted by molar-refractivity contribution is 6.32. The van der Waals surface area contributed by atoms with Crippen LogP contribution in [0.4, 0.5) is 5.69 Å². The lowest BCUT2D eigenvalue weighted by molar-refractivity contribution is -0.119. The fraction of sp³-hybridized carbons (Fsp3) is 0.278. The number of benzene rings is 2. The maximum atomic E-state index is 12.1. The van der Waals surface area contributed by atoms with E-state index in [9.17, 15) is 4.79 Å². The van der Waals surface area contributed by atoms with Crippen LogP contribution >= 0.6 is 11.6 Å². The number of amides is 1. The molecule has 26 heavy (non-hydrogen) atoms. The Morgan fingerprint density at radius 2 is 1.88 bits per heavy atom. The van der Waals surface area contributed by atoms with Gasteiger partial charge in [-0.25, -0.2) is 0 Å². The minimum absolute atomic E-state index is 0.0751. The van der Waals surface area contributed by atoms with Crippen LogP contribution in [0.1, 0.15) is 5.56 Å². The minimum Gasteiger partial charge on any atom is -0.495 e. The van der Waals surface area contributed by atoms with E-state index in [-0.39, 0.29) is 19.2 Å². The molecule has 2 N–H and O–H groups in total. The van der Waals surface area contributed by atoms with Crippen molar-refractivity contribution in [1.29, 1.82) is 0 Å². The van der Waals surface area contributed by atoms with Crippen molar-refractivity contribution in [1.82, 2.24) is 5.32 Å². The summed E-state index contributed by atoms with van der Waals surface area (Å²) in [5, 5.41) is 6.30. The van der Waals surface area contributed by atoms with Gasteiger partial charge in [0.15, 0.2) is 11.5 Å². The fourth-order valence-electron chi connectivity index (χ4n) is 2.49. The summed E-state index contributed by atoms with van der Waals surface area (Å²) in [5.41, 5.74) is 1.54. The number of fused-ring (bicyclic) bond motifs is 1. The third kappa shape index (κ3) is 4.05. The number of hydrogen-bond donors (Lipinski definition) is 2. The molecule has 0 bridgehead atoms. The molecule has 0 aliphatic carbocycles. The predicted octanol–water partition coefficient (Wildman–Crippen LogP) is 2.81. The number of carbonyl (C=O) groups is 1. The average Bonchev–Trinajstić information content (AvgIpc) is 3.12. The molecule has 1 amide bonds. The molecule has 0 atom stereocenters. The highest BCUT2D eigenvalue weighted by atomic mass is 35.5. The van der Waals surface area contributed by atoms with E-state index in [1.54, 1.807) is 12.1 Å². The van der Waals surface area contributed by atoms with Gasteiger partial charge in [0.25, 0.3) is 0 Å². The van der Waals surface area contributed by atoms with Crippen molar-refractivity contribution >= 4 is 23.2 Å². The van der Waals surface area contributed by atoms with Crippen molar-refractivity contribution in [2.75, 3.05) is 32.9 Å². The van der Waals surface area contributed by atoms with Crippen molar-refractivity contribution < 1.29 is 23.7 Å². The quantitative estimate of drug-likeness (QED) is 0.771. The SMILES string of the molecule is COc1cc(NCC(=O)NCc2ccc3c(c2)OCO3)c(OC)cc1Cl. The van der Waals surface area contributed by atoms with Crippen molar-refractivity contribution in [3.05, 3.63) is 40.9 Å². The second-order valence-corrected chi connectivity index (χ2v) is 5.91. The Balaban J connectivity index is 1.56. The van der Waals surface area contributed by atoms with Crippen LogP contribution in [0.2, 0.25) is 5.02 Å². The maximum Gasteiger partial charge on any atom is 0.239 e. The number of hydrogen-bond acceptors (Lipinski definition) is 6. The van der Waals surface area contributed by atoms with Gasteiger partial charge in [-0.05, 0) is 17.7 Å². The lowest BCUT2D eigenvalue weighted by Crippen LogP contribution is -2.29. The summed E-state index contributed by atoms with van der Waals surface area (Å²) in [6.07, 6.45) is 0. The molecule has 0 fully saturated rings. The second kappa shape index (κ2) is 8.05. The summed E-state index contributed by atoms with van der Waals surface area (Å²) >= 11 is 6.07. The summed E-state index contributed by atoms with van der Waals surface area (Å²) in [7, 11) is 3.05. The van der Waals surface area contributed by atoms with Crippen molar-refractivity contribution in [3.8, 4) is 23.0 Å². The van der Waals surface area contributed by atoms with E-state index in [1.807, 2.05) is 18.2 Å². The van der Waals surface area contributed by atoms with Crippen LogP contribution in [0.15, 0.2) is 30.3 Å². The van der Waals surface area contributed by atoms with Gasteiger partial charge in [0, 0.05) is 18.7 Å². The first kappa shape index (κ1) is 18.0. The molecule has 1 aliphatic heterocycles. The molecule has 1 heterocycles. The van der Waals surface area contributed by atoms with E-state index in [0.717, 1.165) is 5.56 Å². The van der Waals surface area contributed by atoms with Crippen LogP contribution in [0.3, 0.4) is 0 Å². The van der Waals surface area contributed by atoms with Gasteiger partial charge in [0.2, 0.25) is 12.7 Å². The maximum absolute atomic E-state index is 12.1. The van der Waals surface area contributed by atoms with Crippen molar-refractivity contribution in [3.63, 3.8) is 0 Å². The molecule has 8 heteroatoms. The normalized spacial score (nSPS) is 11.8. The zero-order valence-electron chi connectivity index (χ0n) is 14.4. The summed E-state index contributed by atoms with van der Waals surface area (Å²) in [4.78, 5) is 12.1. The van der Waals surface area contributed by atoms with Gasteiger partial charge in [-0.2, -0.15) is 0 Å². The summed E-state index contributed by atoms with van der Waals surface area (Å²) in [5.74, 6) is 2.26. The van der Waals surface area contributed by atoms with E-state index in [2.05, 4.69) is 10.6 Å². The number of halogens is 1. The topological polar surface area (TPSA) is 78.1 Å². The van der Waals surface area contributed by atoms with Gasteiger partial charge in [0.1, 0.15) is 11.5 Å². The Labute approximate surface area is 156 Å². The molecule has 0 aromatic heterocycles. The molecule has 2 aromatic rings. The molecular formula is C18H19ClN2O5. The van der Waals surface area contributed by atoms with Crippen molar-refractivity contribution in [2.24, 2.45) is 0 Å². The molecule has 3 rings (SSSR count). The average molecular weight is 379 g/mol. The van der Waals surface area contributed by atoms with Crippen LogP contribution in [-0.4, -0.2) is 33.5 Å². The molecule has 0 spiro atoms. The molecule has 0 unspecified atom stereocenters. The lowest BCUT2D eigenvalue weighted by Gasteiger charge is -2.14. The standard InChI is InChI=1S/C18H19ClN2O5/c1-23-15-7-13(16(24-2)6-12(15)19)20-9-18(22)21-8-11-3-4-14-17(5-11)26-10-25-14/h3-7,20H,8-10H2,1-2H3,(H,21,22). The highest BCUT2D eigenvalue weighted by Crippen LogP contribution is 2.35. The van der Waals surface area contributed by atoms with Crippen LogP contribution in [-0.2, 0) is 11.3 Å². The number of methoxy groups -OCH3 is 2. The van der Waals surface area contributed by atoms with E-state index in [4.69, 9.17) is 30.5 Å². The zero-order chi connectivity index (χ0) is 18.5. The Kier molecular flexibility index (Phi) is 5.58. The molecule has 1 aliphatic rings. The van der Waals surface area contributed by atoms with Crippen LogP contribution < -0.4 is 29.6 Å². The van der Waals surface area contributed by atoms with Gasteiger partial charge in [-0.15, -0.1) is 0 Å². The van der Waals surface area contributed by atoms with Gasteiger partial charge in [-0.1, -0.05) is 17.7 Å². The Morgan fingerprint density at radius 1 is 1.12 bits per heavy atom. The lowest BCUT2D eigenvalue weighted by atomic mass is 10.2. The predicted molar refractivity (Wildman–Crippen MR) is 97.5 cm³/mol. The molecule has 138 valence electrons. The first-order valence-corrected chi connectivity index (χ1v) is 8.29. The summed E-state index contributed by atoms with van der Waals surface area (Å²) in [6, 6.07) is 8.88. The Bertz CT molecular complexity index is 812. The number of nitrogens with one attached hydrogen (secondary N) is 2.